The number of carbonyl (C=O) groups excluding carboxylic acids is 1. The van der Waals surface area contributed by atoms with Gasteiger partial charge in [0, 0.05) is 11.8 Å². The Morgan fingerprint density at radius 1 is 0.944 bits per heavy atom. The predicted octanol–water partition coefficient (Wildman–Crippen LogP) is 4.82. The standard InChI is InChI=1S/C28H27N3O5/c1-18(19-9-12-24-26(15-19)36-14-13-35-24)29-28(32)27-22(17-31(30-27)21-7-5-4-6-8-21)20-10-11-23(33-2)25(16-20)34-3/h4-12,15-18H,13-14H2,1-3H3,(H,29,32). The van der Waals surface area contributed by atoms with Crippen LogP contribution in [0.2, 0.25) is 0 Å². The van der Waals surface area contributed by atoms with Gasteiger partial charge in [-0.15, -0.1) is 0 Å². The third kappa shape index (κ3) is 4.57. The monoisotopic (exact) mass is 485 g/mol. The van der Waals surface area contributed by atoms with Gasteiger partial charge < -0.3 is 24.3 Å². The summed E-state index contributed by atoms with van der Waals surface area (Å²) in [7, 11) is 3.17. The van der Waals surface area contributed by atoms with Gasteiger partial charge in [-0.2, -0.15) is 5.10 Å². The lowest BCUT2D eigenvalue weighted by atomic mass is 10.0. The van der Waals surface area contributed by atoms with E-state index in [1.165, 1.54) is 0 Å². The van der Waals surface area contributed by atoms with Crippen molar-refractivity contribution in [3.8, 4) is 39.8 Å². The summed E-state index contributed by atoms with van der Waals surface area (Å²) < 4.78 is 23.9. The normalized spacial score (nSPS) is 13.1. The number of nitrogens with one attached hydrogen (secondary N) is 1. The third-order valence-corrected chi connectivity index (χ3v) is 6.06. The van der Waals surface area contributed by atoms with E-state index >= 15 is 0 Å². The maximum atomic E-state index is 13.5. The summed E-state index contributed by atoms with van der Waals surface area (Å²) in [6, 6.07) is 20.6. The van der Waals surface area contributed by atoms with Gasteiger partial charge in [0.25, 0.3) is 5.91 Å². The molecule has 8 heteroatoms. The van der Waals surface area contributed by atoms with Crippen LogP contribution in [0, 0.1) is 0 Å². The Balaban J connectivity index is 1.49. The largest absolute Gasteiger partial charge is 0.493 e. The molecule has 4 aromatic rings. The summed E-state index contributed by atoms with van der Waals surface area (Å²) >= 11 is 0. The first-order valence-corrected chi connectivity index (χ1v) is 11.7. The van der Waals surface area contributed by atoms with Gasteiger partial charge in [0.2, 0.25) is 0 Å². The smallest absolute Gasteiger partial charge is 0.272 e. The van der Waals surface area contributed by atoms with Gasteiger partial charge in [-0.05, 0) is 54.4 Å². The average molecular weight is 486 g/mol. The highest BCUT2D eigenvalue weighted by atomic mass is 16.6. The summed E-state index contributed by atoms with van der Waals surface area (Å²) in [5.74, 6) is 2.27. The van der Waals surface area contributed by atoms with Crippen molar-refractivity contribution in [1.82, 2.24) is 15.1 Å². The zero-order valence-electron chi connectivity index (χ0n) is 20.4. The minimum atomic E-state index is -0.295. The molecule has 1 amide bonds. The lowest BCUT2D eigenvalue weighted by Crippen LogP contribution is -2.27. The van der Waals surface area contributed by atoms with Gasteiger partial charge in [0.1, 0.15) is 13.2 Å². The van der Waals surface area contributed by atoms with Crippen molar-refractivity contribution >= 4 is 5.91 Å². The fourth-order valence-electron chi connectivity index (χ4n) is 4.15. The van der Waals surface area contributed by atoms with E-state index in [1.54, 1.807) is 18.9 Å². The Bertz CT molecular complexity index is 1380. The number of fused-ring (bicyclic) bond motifs is 1. The van der Waals surface area contributed by atoms with Crippen LogP contribution in [0.5, 0.6) is 23.0 Å². The Labute approximate surface area is 209 Å². The molecule has 0 fully saturated rings. The van der Waals surface area contributed by atoms with Gasteiger partial charge in [0.15, 0.2) is 28.7 Å². The van der Waals surface area contributed by atoms with E-state index < -0.39 is 0 Å². The molecule has 1 atom stereocenters. The minimum absolute atomic E-state index is 0.284. The van der Waals surface area contributed by atoms with Crippen molar-refractivity contribution in [2.24, 2.45) is 0 Å². The number of amides is 1. The van der Waals surface area contributed by atoms with E-state index in [4.69, 9.17) is 18.9 Å². The number of carbonyl (C=O) groups is 1. The second-order valence-electron chi connectivity index (χ2n) is 8.34. The molecule has 1 unspecified atom stereocenters. The van der Waals surface area contributed by atoms with Crippen LogP contribution in [0.3, 0.4) is 0 Å². The summed E-state index contributed by atoms with van der Waals surface area (Å²) in [6.07, 6.45) is 1.85. The van der Waals surface area contributed by atoms with Crippen LogP contribution in [-0.2, 0) is 0 Å². The van der Waals surface area contributed by atoms with E-state index in [-0.39, 0.29) is 11.9 Å². The molecular weight excluding hydrogens is 458 g/mol. The number of hydrogen-bond donors (Lipinski definition) is 1. The molecule has 0 spiro atoms. The summed E-state index contributed by atoms with van der Waals surface area (Å²) in [5, 5.41) is 7.74. The van der Waals surface area contributed by atoms with Crippen LogP contribution in [-0.4, -0.2) is 43.1 Å². The predicted molar refractivity (Wildman–Crippen MR) is 135 cm³/mol. The van der Waals surface area contributed by atoms with E-state index in [9.17, 15) is 4.79 Å². The van der Waals surface area contributed by atoms with Crippen molar-refractivity contribution < 1.29 is 23.7 Å². The number of nitrogens with zero attached hydrogens (tertiary/aromatic N) is 2. The van der Waals surface area contributed by atoms with Crippen molar-refractivity contribution in [2.45, 2.75) is 13.0 Å². The molecule has 2 heterocycles. The number of methoxy groups -OCH3 is 2. The molecular formula is C28H27N3O5. The molecule has 36 heavy (non-hydrogen) atoms. The first kappa shape index (κ1) is 23.3. The SMILES string of the molecule is COc1ccc(-c2cn(-c3ccccc3)nc2C(=O)NC(C)c2ccc3c(c2)OCCO3)cc1OC. The Kier molecular flexibility index (Phi) is 6.49. The quantitative estimate of drug-likeness (QED) is 0.404. The fraction of sp³-hybridized carbons (Fsp3) is 0.214. The Morgan fingerprint density at radius 2 is 1.69 bits per heavy atom. The molecule has 5 rings (SSSR count). The molecule has 0 saturated carbocycles. The third-order valence-electron chi connectivity index (χ3n) is 6.06. The molecule has 0 saturated heterocycles. The van der Waals surface area contributed by atoms with Crippen LogP contribution in [0.15, 0.2) is 72.9 Å². The van der Waals surface area contributed by atoms with Gasteiger partial charge in [-0.25, -0.2) is 4.68 Å². The maximum Gasteiger partial charge on any atom is 0.272 e. The van der Waals surface area contributed by atoms with Crippen LogP contribution in [0.25, 0.3) is 16.8 Å². The van der Waals surface area contributed by atoms with Gasteiger partial charge >= 0.3 is 0 Å². The molecule has 3 aromatic carbocycles. The van der Waals surface area contributed by atoms with E-state index in [0.717, 1.165) is 16.8 Å². The van der Waals surface area contributed by atoms with Gasteiger partial charge in [-0.1, -0.05) is 30.3 Å². The number of para-hydroxylation sites is 1. The Hall–Kier alpha value is -4.46. The fourth-order valence-corrected chi connectivity index (χ4v) is 4.15. The lowest BCUT2D eigenvalue weighted by Gasteiger charge is -2.21. The molecule has 1 N–H and O–H groups in total. The molecule has 8 nitrogen and oxygen atoms in total. The summed E-state index contributed by atoms with van der Waals surface area (Å²) in [4.78, 5) is 13.5. The number of rotatable bonds is 7. The van der Waals surface area contributed by atoms with Gasteiger partial charge in [-0.3, -0.25) is 4.79 Å². The van der Waals surface area contributed by atoms with E-state index in [2.05, 4.69) is 10.4 Å². The number of ether oxygens (including phenoxy) is 4. The highest BCUT2D eigenvalue weighted by Gasteiger charge is 2.23. The van der Waals surface area contributed by atoms with Crippen molar-refractivity contribution in [2.75, 3.05) is 27.4 Å². The zero-order chi connectivity index (χ0) is 25.1. The summed E-state index contributed by atoms with van der Waals surface area (Å²) in [6.45, 7) is 2.96. The number of hydrogen-bond acceptors (Lipinski definition) is 6. The molecule has 1 aromatic heterocycles. The first-order chi connectivity index (χ1) is 17.6. The van der Waals surface area contributed by atoms with Crippen molar-refractivity contribution in [1.29, 1.82) is 0 Å². The van der Waals surface area contributed by atoms with Crippen LogP contribution < -0.4 is 24.3 Å². The van der Waals surface area contributed by atoms with Crippen LogP contribution in [0.1, 0.15) is 29.0 Å². The molecule has 0 aliphatic carbocycles. The second kappa shape index (κ2) is 10.0. The van der Waals surface area contributed by atoms with E-state index in [0.29, 0.717) is 47.5 Å². The average Bonchev–Trinajstić information content (AvgIpc) is 3.38. The highest BCUT2D eigenvalue weighted by molar-refractivity contribution is 5.99. The minimum Gasteiger partial charge on any atom is -0.493 e. The van der Waals surface area contributed by atoms with Crippen molar-refractivity contribution in [3.05, 3.63) is 84.2 Å². The zero-order valence-corrected chi connectivity index (χ0v) is 20.4. The molecule has 0 radical (unpaired) electrons. The highest BCUT2D eigenvalue weighted by Crippen LogP contribution is 2.35. The maximum absolute atomic E-state index is 13.5. The number of benzene rings is 3. The lowest BCUT2D eigenvalue weighted by molar-refractivity contribution is 0.0935. The molecule has 184 valence electrons. The first-order valence-electron chi connectivity index (χ1n) is 11.7. The Morgan fingerprint density at radius 3 is 2.44 bits per heavy atom. The summed E-state index contributed by atoms with van der Waals surface area (Å²) in [5.41, 5.74) is 3.51. The molecule has 1 aliphatic rings. The number of aromatic nitrogens is 2. The van der Waals surface area contributed by atoms with Crippen molar-refractivity contribution in [3.63, 3.8) is 0 Å². The van der Waals surface area contributed by atoms with Crippen LogP contribution in [0.4, 0.5) is 0 Å². The topological polar surface area (TPSA) is 83.8 Å². The molecule has 0 bridgehead atoms. The molecule has 1 aliphatic heterocycles. The van der Waals surface area contributed by atoms with Crippen LogP contribution >= 0.6 is 0 Å². The van der Waals surface area contributed by atoms with E-state index in [1.807, 2.05) is 79.9 Å². The second-order valence-corrected chi connectivity index (χ2v) is 8.34. The van der Waals surface area contributed by atoms with Gasteiger partial charge in [0.05, 0.1) is 25.9 Å².